The maximum Gasteiger partial charge on any atom is 0.157 e. The van der Waals surface area contributed by atoms with Gasteiger partial charge in [-0.1, -0.05) is 16.0 Å². The zero-order valence-corrected chi connectivity index (χ0v) is 12.5. The summed E-state index contributed by atoms with van der Waals surface area (Å²) in [6.07, 6.45) is 4.90. The van der Waals surface area contributed by atoms with Gasteiger partial charge in [0.15, 0.2) is 5.15 Å². The summed E-state index contributed by atoms with van der Waals surface area (Å²) in [6, 6.07) is 0. The Morgan fingerprint density at radius 1 is 1.53 bits per heavy atom. The van der Waals surface area contributed by atoms with E-state index in [4.69, 9.17) is 11.6 Å². The van der Waals surface area contributed by atoms with Gasteiger partial charge in [0.25, 0.3) is 0 Å². The summed E-state index contributed by atoms with van der Waals surface area (Å²) in [5.41, 5.74) is 0.432. The van der Waals surface area contributed by atoms with E-state index in [0.717, 1.165) is 5.03 Å². The minimum Gasteiger partial charge on any atom is -0.591 e. The first kappa shape index (κ1) is 14.8. The molecule has 1 heterocycles. The molecule has 1 aromatic rings. The number of nitrogens with zero attached hydrogens (tertiary/aromatic N) is 3. The number of rotatable bonds is 3. The van der Waals surface area contributed by atoms with Gasteiger partial charge in [0.05, 0.1) is 6.20 Å². The predicted molar refractivity (Wildman–Crippen MR) is 74.3 cm³/mol. The van der Waals surface area contributed by atoms with Gasteiger partial charge in [-0.3, -0.25) is 0 Å². The van der Waals surface area contributed by atoms with Crippen molar-refractivity contribution >= 4 is 40.9 Å². The molecular formula is C10H14ClN3OS2. The Hall–Kier alpha value is -0.300. The van der Waals surface area contributed by atoms with Crippen molar-refractivity contribution < 1.29 is 4.55 Å². The van der Waals surface area contributed by atoms with Crippen LogP contribution in [0.2, 0.25) is 5.15 Å². The molecule has 1 aromatic heterocycles. The second-order valence-corrected chi connectivity index (χ2v) is 7.30. The minimum atomic E-state index is -1.32. The fourth-order valence-corrected chi connectivity index (χ4v) is 1.89. The summed E-state index contributed by atoms with van der Waals surface area (Å²) < 4.78 is 15.2. The molecule has 0 spiro atoms. The Labute approximate surface area is 114 Å². The molecular weight excluding hydrogens is 278 g/mol. The van der Waals surface area contributed by atoms with E-state index in [0.29, 0.717) is 5.69 Å². The first-order valence-electron chi connectivity index (χ1n) is 4.87. The Balaban J connectivity index is 2.85. The van der Waals surface area contributed by atoms with E-state index in [9.17, 15) is 4.55 Å². The number of hydrogen-bond acceptors (Lipinski definition) is 5. The van der Waals surface area contributed by atoms with Crippen LogP contribution in [-0.2, 0) is 11.4 Å². The molecule has 0 saturated carbocycles. The van der Waals surface area contributed by atoms with Crippen LogP contribution in [0.15, 0.2) is 15.6 Å². The third-order valence-electron chi connectivity index (χ3n) is 1.74. The number of halogens is 1. The Morgan fingerprint density at radius 2 is 2.18 bits per heavy atom. The van der Waals surface area contributed by atoms with Crippen molar-refractivity contribution in [3.05, 3.63) is 17.0 Å². The first-order chi connectivity index (χ1) is 7.84. The topological polar surface area (TPSA) is 61.2 Å². The van der Waals surface area contributed by atoms with Crippen molar-refractivity contribution in [1.82, 2.24) is 9.97 Å². The molecule has 17 heavy (non-hydrogen) atoms. The van der Waals surface area contributed by atoms with Crippen molar-refractivity contribution in [2.75, 3.05) is 6.26 Å². The van der Waals surface area contributed by atoms with Crippen LogP contribution in [0.5, 0.6) is 0 Å². The second-order valence-electron chi connectivity index (χ2n) is 4.18. The third kappa shape index (κ3) is 4.46. The van der Waals surface area contributed by atoms with Crippen LogP contribution in [-0.4, -0.2) is 31.7 Å². The molecule has 7 heteroatoms. The molecule has 0 amide bonds. The van der Waals surface area contributed by atoms with Crippen molar-refractivity contribution in [2.24, 2.45) is 4.40 Å². The van der Waals surface area contributed by atoms with Crippen LogP contribution < -0.4 is 0 Å². The summed E-state index contributed by atoms with van der Waals surface area (Å²) in [7, 11) is 0. The summed E-state index contributed by atoms with van der Waals surface area (Å²) in [4.78, 5) is 8.21. The molecule has 1 atom stereocenters. The first-order valence-corrected chi connectivity index (χ1v) is 7.58. The summed E-state index contributed by atoms with van der Waals surface area (Å²) in [5.74, 6) is 0. The standard InChI is InChI=1S/C10H14ClN3OS2/c1-10(2,3)17(15)13-5-7-9(11)14-8(16-4)6-12-7/h5-6H,1-4H3/b13-5-/t17-/m0/s1. The van der Waals surface area contributed by atoms with Gasteiger partial charge in [0.2, 0.25) is 0 Å². The minimum absolute atomic E-state index is 0.270. The maximum absolute atomic E-state index is 11.7. The Kier molecular flexibility index (Phi) is 5.24. The monoisotopic (exact) mass is 291 g/mol. The molecule has 0 aliphatic rings. The van der Waals surface area contributed by atoms with Gasteiger partial charge in [-0.15, -0.1) is 11.8 Å². The lowest BCUT2D eigenvalue weighted by Crippen LogP contribution is -2.25. The summed E-state index contributed by atoms with van der Waals surface area (Å²) >= 11 is 6.07. The second kappa shape index (κ2) is 6.04. The highest BCUT2D eigenvalue weighted by molar-refractivity contribution is 7.98. The van der Waals surface area contributed by atoms with Gasteiger partial charge in [0, 0.05) is 0 Å². The van der Waals surface area contributed by atoms with Crippen LogP contribution in [0.25, 0.3) is 0 Å². The van der Waals surface area contributed by atoms with Crippen LogP contribution in [0, 0.1) is 0 Å². The van der Waals surface area contributed by atoms with E-state index in [1.54, 1.807) is 6.20 Å². The van der Waals surface area contributed by atoms with Crippen molar-refractivity contribution in [1.29, 1.82) is 0 Å². The van der Waals surface area contributed by atoms with Gasteiger partial charge < -0.3 is 4.55 Å². The fraction of sp³-hybridized carbons (Fsp3) is 0.500. The van der Waals surface area contributed by atoms with E-state index in [2.05, 4.69) is 14.4 Å². The molecule has 0 N–H and O–H groups in total. The highest BCUT2D eigenvalue weighted by Crippen LogP contribution is 2.18. The van der Waals surface area contributed by atoms with E-state index in [-0.39, 0.29) is 5.15 Å². The zero-order chi connectivity index (χ0) is 13.1. The zero-order valence-electron chi connectivity index (χ0n) is 10.1. The third-order valence-corrected chi connectivity index (χ3v) is 3.98. The van der Waals surface area contributed by atoms with E-state index in [1.165, 1.54) is 18.0 Å². The van der Waals surface area contributed by atoms with Gasteiger partial charge in [0.1, 0.15) is 33.0 Å². The molecule has 0 aliphatic carbocycles. The predicted octanol–water partition coefficient (Wildman–Crippen LogP) is 2.73. The SMILES string of the molecule is CSc1cnc(/C=N\[S@@+]([O-])C(C)(C)C)c(Cl)n1. The highest BCUT2D eigenvalue weighted by atomic mass is 35.5. The van der Waals surface area contributed by atoms with Crippen LogP contribution in [0.3, 0.4) is 0 Å². The summed E-state index contributed by atoms with van der Waals surface area (Å²) in [5, 5.41) is 1.01. The van der Waals surface area contributed by atoms with Gasteiger partial charge in [-0.05, 0) is 27.0 Å². The number of thioether (sulfide) groups is 1. The lowest BCUT2D eigenvalue weighted by atomic mass is 10.3. The fourth-order valence-electron chi connectivity index (χ4n) is 0.802. The summed E-state index contributed by atoms with van der Waals surface area (Å²) in [6.45, 7) is 5.56. The lowest BCUT2D eigenvalue weighted by molar-refractivity contribution is 0.562. The smallest absolute Gasteiger partial charge is 0.157 e. The molecule has 94 valence electrons. The molecule has 1 rings (SSSR count). The quantitative estimate of drug-likeness (QED) is 0.488. The molecule has 0 aromatic carbocycles. The van der Waals surface area contributed by atoms with Gasteiger partial charge in [-0.25, -0.2) is 9.97 Å². The number of hydrogen-bond donors (Lipinski definition) is 0. The van der Waals surface area contributed by atoms with Crippen LogP contribution in [0.4, 0.5) is 0 Å². The molecule has 0 bridgehead atoms. The largest absolute Gasteiger partial charge is 0.591 e. The normalized spacial score (nSPS) is 14.2. The lowest BCUT2D eigenvalue weighted by Gasteiger charge is -2.17. The highest BCUT2D eigenvalue weighted by Gasteiger charge is 2.26. The van der Waals surface area contributed by atoms with E-state index >= 15 is 0 Å². The van der Waals surface area contributed by atoms with Gasteiger partial charge >= 0.3 is 0 Å². The average molecular weight is 292 g/mol. The molecule has 0 radical (unpaired) electrons. The van der Waals surface area contributed by atoms with Crippen molar-refractivity contribution in [3.8, 4) is 0 Å². The molecule has 4 nitrogen and oxygen atoms in total. The molecule has 0 unspecified atom stereocenters. The van der Waals surface area contributed by atoms with Crippen LogP contribution in [0.1, 0.15) is 26.5 Å². The van der Waals surface area contributed by atoms with Crippen molar-refractivity contribution in [2.45, 2.75) is 30.5 Å². The molecule has 0 fully saturated rings. The van der Waals surface area contributed by atoms with Crippen LogP contribution >= 0.6 is 23.4 Å². The van der Waals surface area contributed by atoms with E-state index < -0.39 is 16.1 Å². The van der Waals surface area contributed by atoms with Crippen molar-refractivity contribution in [3.63, 3.8) is 0 Å². The van der Waals surface area contributed by atoms with Gasteiger partial charge in [-0.2, -0.15) is 0 Å². The Bertz CT molecular complexity index is 421. The maximum atomic E-state index is 11.7. The molecule has 0 saturated heterocycles. The number of aromatic nitrogens is 2. The van der Waals surface area contributed by atoms with E-state index in [1.807, 2.05) is 27.0 Å². The molecule has 0 aliphatic heterocycles. The average Bonchev–Trinajstić information content (AvgIpc) is 2.25. The Morgan fingerprint density at radius 3 is 2.65 bits per heavy atom.